The molecule has 24 heavy (non-hydrogen) atoms. The molecule has 0 unspecified atom stereocenters. The van der Waals surface area contributed by atoms with E-state index in [0.717, 1.165) is 12.8 Å². The van der Waals surface area contributed by atoms with Gasteiger partial charge < -0.3 is 10.3 Å². The largest absolute Gasteiger partial charge is 0.366 e. The Morgan fingerprint density at radius 3 is 2.71 bits per heavy atom. The van der Waals surface area contributed by atoms with Crippen molar-refractivity contribution in [3.8, 4) is 11.4 Å². The molecule has 0 spiro atoms. The number of nitrogens with zero attached hydrogens (tertiary/aromatic N) is 2. The second-order valence-electron chi connectivity index (χ2n) is 5.21. The highest BCUT2D eigenvalue weighted by molar-refractivity contribution is 6.34. The molecule has 1 amide bonds. The predicted octanol–water partition coefficient (Wildman–Crippen LogP) is 3.67. The van der Waals surface area contributed by atoms with Gasteiger partial charge in [-0.2, -0.15) is 4.98 Å². The summed E-state index contributed by atoms with van der Waals surface area (Å²) in [5.41, 5.74) is 7.26. The van der Waals surface area contributed by atoms with Gasteiger partial charge in [0, 0.05) is 0 Å². The van der Waals surface area contributed by atoms with Crippen LogP contribution in [0, 0.1) is 6.42 Å². The zero-order valence-corrected chi connectivity index (χ0v) is 13.5. The monoisotopic (exact) mass is 340 g/mol. The second kappa shape index (κ2) is 7.27. The van der Waals surface area contributed by atoms with Crippen LogP contribution in [-0.4, -0.2) is 16.0 Å². The number of benzene rings is 2. The Morgan fingerprint density at radius 1 is 1.17 bits per heavy atom. The summed E-state index contributed by atoms with van der Waals surface area (Å²) >= 11 is 6.16. The Hall–Kier alpha value is -2.66. The number of carbonyl (C=O) groups excluding carboxylic acids is 1. The minimum atomic E-state index is -0.591. The maximum atomic E-state index is 11.6. The van der Waals surface area contributed by atoms with Crippen LogP contribution in [0.15, 0.2) is 53.1 Å². The first kappa shape index (κ1) is 16.2. The highest BCUT2D eigenvalue weighted by Gasteiger charge is 2.18. The zero-order valence-electron chi connectivity index (χ0n) is 12.8. The number of primary amides is 1. The van der Waals surface area contributed by atoms with Gasteiger partial charge in [0.05, 0.1) is 22.6 Å². The van der Waals surface area contributed by atoms with Crippen LogP contribution in [0.5, 0.6) is 0 Å². The Balaban J connectivity index is 1.73. The fraction of sp³-hybridized carbons (Fsp3) is 0.111. The van der Waals surface area contributed by atoms with Gasteiger partial charge in [-0.1, -0.05) is 53.2 Å². The molecule has 0 aliphatic heterocycles. The number of amides is 1. The van der Waals surface area contributed by atoms with Gasteiger partial charge in [-0.15, -0.1) is 0 Å². The first-order chi connectivity index (χ1) is 11.6. The van der Waals surface area contributed by atoms with E-state index < -0.39 is 5.91 Å². The molecule has 1 radical (unpaired) electrons. The van der Waals surface area contributed by atoms with Crippen LogP contribution in [0.25, 0.3) is 11.4 Å². The van der Waals surface area contributed by atoms with Gasteiger partial charge in [-0.25, -0.2) is 0 Å². The lowest BCUT2D eigenvalue weighted by Crippen LogP contribution is -2.12. The smallest absolute Gasteiger partial charge is 0.249 e. The normalized spacial score (nSPS) is 10.7. The van der Waals surface area contributed by atoms with Crippen molar-refractivity contribution in [2.45, 2.75) is 12.8 Å². The lowest BCUT2D eigenvalue weighted by atomic mass is 10.1. The number of hydrogen-bond donors (Lipinski definition) is 1. The SMILES string of the molecule is NC(=O)c1cccc(Cl)c1-c1noc([CH]CCc2ccccc2)n1. The quantitative estimate of drug-likeness (QED) is 0.742. The standard InChI is InChI=1S/C18H15ClN3O2/c19-14-10-5-9-13(17(20)23)16(14)18-21-15(24-22-18)11-4-8-12-6-2-1-3-7-12/h1-3,5-7,9-11H,4,8H2,(H2,20,23). The average molecular weight is 341 g/mol. The van der Waals surface area contributed by atoms with Crippen LogP contribution >= 0.6 is 11.6 Å². The zero-order chi connectivity index (χ0) is 16.9. The fourth-order valence-corrected chi connectivity index (χ4v) is 2.64. The number of aryl methyl sites for hydroxylation is 1. The number of halogens is 1. The van der Waals surface area contributed by atoms with E-state index in [1.165, 1.54) is 5.56 Å². The maximum absolute atomic E-state index is 11.6. The third-order valence-electron chi connectivity index (χ3n) is 3.54. The summed E-state index contributed by atoms with van der Waals surface area (Å²) in [5, 5.41) is 4.26. The van der Waals surface area contributed by atoms with Crippen molar-refractivity contribution in [3.05, 3.63) is 77.0 Å². The number of aromatic nitrogens is 2. The summed E-state index contributed by atoms with van der Waals surface area (Å²) in [5.74, 6) is 0.0449. The molecular weight excluding hydrogens is 326 g/mol. The van der Waals surface area contributed by atoms with Gasteiger partial charge in [0.1, 0.15) is 0 Å². The second-order valence-corrected chi connectivity index (χ2v) is 5.62. The minimum Gasteiger partial charge on any atom is -0.366 e. The van der Waals surface area contributed by atoms with Gasteiger partial charge >= 0.3 is 0 Å². The van der Waals surface area contributed by atoms with Crippen molar-refractivity contribution in [1.82, 2.24) is 10.1 Å². The van der Waals surface area contributed by atoms with E-state index in [2.05, 4.69) is 22.3 Å². The van der Waals surface area contributed by atoms with Crippen LogP contribution < -0.4 is 5.73 Å². The molecule has 5 nitrogen and oxygen atoms in total. The van der Waals surface area contributed by atoms with Crippen LogP contribution in [0.2, 0.25) is 5.02 Å². The Morgan fingerprint density at radius 2 is 1.96 bits per heavy atom. The van der Waals surface area contributed by atoms with E-state index in [1.807, 2.05) is 24.6 Å². The van der Waals surface area contributed by atoms with Crippen LogP contribution in [0.4, 0.5) is 0 Å². The van der Waals surface area contributed by atoms with E-state index in [1.54, 1.807) is 18.2 Å². The average Bonchev–Trinajstić information content (AvgIpc) is 3.04. The molecule has 1 heterocycles. The molecule has 3 aromatic rings. The molecule has 1 aromatic heterocycles. The van der Waals surface area contributed by atoms with E-state index >= 15 is 0 Å². The molecule has 121 valence electrons. The van der Waals surface area contributed by atoms with Crippen LogP contribution in [0.1, 0.15) is 28.2 Å². The number of carbonyl (C=O) groups is 1. The first-order valence-corrected chi connectivity index (χ1v) is 7.82. The number of nitrogens with two attached hydrogens (primary N) is 1. The van der Waals surface area contributed by atoms with Crippen molar-refractivity contribution >= 4 is 17.5 Å². The molecule has 0 saturated heterocycles. The molecule has 0 aliphatic rings. The molecular formula is C18H15ClN3O2. The molecule has 0 bridgehead atoms. The van der Waals surface area contributed by atoms with Gasteiger partial charge in [0.25, 0.3) is 0 Å². The van der Waals surface area contributed by atoms with Gasteiger partial charge in [-0.05, 0) is 30.5 Å². The maximum Gasteiger partial charge on any atom is 0.249 e. The van der Waals surface area contributed by atoms with Gasteiger partial charge in [-0.3, -0.25) is 4.79 Å². The van der Waals surface area contributed by atoms with Gasteiger partial charge in [0.15, 0.2) is 0 Å². The highest BCUT2D eigenvalue weighted by atomic mass is 35.5. The Labute approximate surface area is 144 Å². The van der Waals surface area contributed by atoms with Gasteiger partial charge in [0.2, 0.25) is 17.6 Å². The van der Waals surface area contributed by atoms with Crippen molar-refractivity contribution in [1.29, 1.82) is 0 Å². The molecule has 3 rings (SSSR count). The minimum absolute atomic E-state index is 0.250. The number of rotatable bonds is 6. The molecule has 0 aliphatic carbocycles. The predicted molar refractivity (Wildman–Crippen MR) is 91.4 cm³/mol. The van der Waals surface area contributed by atoms with E-state index in [0.29, 0.717) is 16.5 Å². The Bertz CT molecular complexity index is 846. The molecule has 6 heteroatoms. The third kappa shape index (κ3) is 3.63. The summed E-state index contributed by atoms with van der Waals surface area (Å²) in [6, 6.07) is 15.0. The first-order valence-electron chi connectivity index (χ1n) is 7.44. The van der Waals surface area contributed by atoms with Crippen molar-refractivity contribution < 1.29 is 9.32 Å². The van der Waals surface area contributed by atoms with E-state index in [-0.39, 0.29) is 11.4 Å². The summed E-state index contributed by atoms with van der Waals surface area (Å²) < 4.78 is 5.22. The van der Waals surface area contributed by atoms with Crippen LogP contribution in [-0.2, 0) is 6.42 Å². The molecule has 0 atom stereocenters. The molecule has 0 fully saturated rings. The third-order valence-corrected chi connectivity index (χ3v) is 3.85. The topological polar surface area (TPSA) is 82.0 Å². The van der Waals surface area contributed by atoms with E-state index in [9.17, 15) is 4.79 Å². The molecule has 2 N–H and O–H groups in total. The van der Waals surface area contributed by atoms with E-state index in [4.69, 9.17) is 21.9 Å². The van der Waals surface area contributed by atoms with Crippen molar-refractivity contribution in [3.63, 3.8) is 0 Å². The summed E-state index contributed by atoms with van der Waals surface area (Å²) in [6.45, 7) is 0. The van der Waals surface area contributed by atoms with Crippen molar-refractivity contribution in [2.75, 3.05) is 0 Å². The lowest BCUT2D eigenvalue weighted by Gasteiger charge is -2.04. The van der Waals surface area contributed by atoms with Crippen molar-refractivity contribution in [2.24, 2.45) is 5.73 Å². The Kier molecular flexibility index (Phi) is 4.91. The number of hydrogen-bond acceptors (Lipinski definition) is 4. The fourth-order valence-electron chi connectivity index (χ4n) is 2.38. The molecule has 2 aromatic carbocycles. The van der Waals surface area contributed by atoms with Crippen LogP contribution in [0.3, 0.4) is 0 Å². The highest BCUT2D eigenvalue weighted by Crippen LogP contribution is 2.29. The summed E-state index contributed by atoms with van der Waals surface area (Å²) in [4.78, 5) is 15.8. The molecule has 0 saturated carbocycles. The summed E-state index contributed by atoms with van der Waals surface area (Å²) in [7, 11) is 0. The lowest BCUT2D eigenvalue weighted by molar-refractivity contribution is 0.100. The summed E-state index contributed by atoms with van der Waals surface area (Å²) in [6.07, 6.45) is 3.48.